The van der Waals surface area contributed by atoms with Gasteiger partial charge < -0.3 is 41.4 Å². The standard InChI is InChI=1S/C11H13N2O2.C10H11N3O.C9H14N2O2.C9H11NO2.C2H7N.C2H4O2.BH2OP.Y/c1-3-15-11(14)9-5-4-6-13-8(2)12-7-10(9)13;1-7-12-6-9-8(10(14)11-2)4-3-5-13(7)9;1-2-13-9(12)7-4-3-5-11-8(7)6-10;1-3-12-9(11)8-5-4-6-10-7(8)2;1-2-3;1-2(3)4;2-1-3;/h4-7,10H,3H2,1-2H3;3-6,9H,2H2,1H3,(H,11,14);3,5,11H,2,4,6,10H2,1H3;4-6H,3H2,1-2H3;2-3H2,1H3;1H3,(H,3,4);3H2;/q+1;;;;;;;. The fourth-order valence-corrected chi connectivity index (χ4v) is 5.35. The first kappa shape index (κ1) is 61.8. The summed E-state index contributed by atoms with van der Waals surface area (Å²) in [6.07, 6.45) is 20.5. The number of nitrogens with two attached hydrogens (primary N) is 2. The predicted molar refractivity (Wildman–Crippen MR) is 250 cm³/mol. The molecule has 0 aromatic carbocycles. The number of amidine groups is 2. The number of carboxylic acids is 1. The van der Waals surface area contributed by atoms with Crippen LogP contribution in [0.25, 0.3) is 0 Å². The molecule has 1 radical (unpaired) electrons. The Hall–Kier alpha value is -5.26. The third-order valence-corrected chi connectivity index (χ3v) is 8.06. The number of carboxylic acid groups (broad SMARTS) is 1. The Morgan fingerprint density at radius 2 is 1.35 bits per heavy atom. The second-order valence-electron chi connectivity index (χ2n) is 12.6. The molecular formula is C43H62BN9O10PY+. The monoisotopic (exact) mass is 995 g/mol. The molecule has 6 rings (SSSR count). The molecule has 3 atom stereocenters. The van der Waals surface area contributed by atoms with Crippen LogP contribution >= 0.6 is 9.12 Å². The largest absolute Gasteiger partial charge is 0.504 e. The molecule has 349 valence electrons. The van der Waals surface area contributed by atoms with E-state index in [9.17, 15) is 19.2 Å². The fraction of sp³-hybridized carbons (Fsp3) is 0.372. The number of pyridine rings is 1. The normalized spacial score (nSPS) is 16.0. The third-order valence-electron chi connectivity index (χ3n) is 8.06. The molecule has 7 N–H and O–H groups in total. The predicted octanol–water partition coefficient (Wildman–Crippen LogP) is 2.83. The van der Waals surface area contributed by atoms with Crippen LogP contribution in [0.1, 0.15) is 70.9 Å². The molecule has 0 bridgehead atoms. The van der Waals surface area contributed by atoms with Gasteiger partial charge in [0.15, 0.2) is 24.5 Å². The average molecular weight is 996 g/mol. The average Bonchev–Trinajstić information content (AvgIpc) is 3.86. The van der Waals surface area contributed by atoms with Crippen LogP contribution < -0.4 is 22.1 Å². The van der Waals surface area contributed by atoms with Gasteiger partial charge in [-0.15, -0.1) is 0 Å². The zero-order valence-corrected chi connectivity index (χ0v) is 42.3. The Kier molecular flexibility index (Phi) is 34.3. The van der Waals surface area contributed by atoms with Crippen molar-refractivity contribution in [1.29, 1.82) is 0 Å². The first-order chi connectivity index (χ1) is 30.6. The molecule has 3 unspecified atom stereocenters. The van der Waals surface area contributed by atoms with Crippen LogP contribution in [0, 0.1) is 14.0 Å². The summed E-state index contributed by atoms with van der Waals surface area (Å²) < 4.78 is 27.4. The van der Waals surface area contributed by atoms with E-state index in [2.05, 4.69) is 32.7 Å². The van der Waals surface area contributed by atoms with Crippen LogP contribution in [0.15, 0.2) is 99.7 Å². The number of carbonyl (C=O) groups excluding carboxylic acids is 4. The van der Waals surface area contributed by atoms with E-state index >= 15 is 0 Å². The van der Waals surface area contributed by atoms with Gasteiger partial charge in [0.2, 0.25) is 5.91 Å². The number of esters is 3. The van der Waals surface area contributed by atoms with Crippen molar-refractivity contribution in [2.75, 3.05) is 32.9 Å². The van der Waals surface area contributed by atoms with Gasteiger partial charge in [-0.25, -0.2) is 23.5 Å². The summed E-state index contributed by atoms with van der Waals surface area (Å²) in [4.78, 5) is 67.0. The number of hydrogen-bond donors (Lipinski definition) is 5. The molecule has 5 aliphatic heterocycles. The van der Waals surface area contributed by atoms with Crippen LogP contribution in [-0.2, 0) is 70.8 Å². The van der Waals surface area contributed by atoms with E-state index in [0.29, 0.717) is 67.6 Å². The van der Waals surface area contributed by atoms with Crippen molar-refractivity contribution in [3.8, 4) is 0 Å². The summed E-state index contributed by atoms with van der Waals surface area (Å²) in [6, 6.07) is 3.27. The van der Waals surface area contributed by atoms with Crippen molar-refractivity contribution < 1.29 is 89.9 Å². The minimum atomic E-state index is -0.833. The number of nitrogens with one attached hydrogen (secondary N) is 2. The molecule has 1 aromatic rings. The number of fused-ring (bicyclic) bond motifs is 2. The van der Waals surface area contributed by atoms with Crippen LogP contribution in [0.3, 0.4) is 0 Å². The Balaban J connectivity index is 0. The van der Waals surface area contributed by atoms with Crippen molar-refractivity contribution in [3.63, 3.8) is 0 Å². The Morgan fingerprint density at radius 1 is 0.892 bits per heavy atom. The molecule has 0 saturated heterocycles. The summed E-state index contributed by atoms with van der Waals surface area (Å²) in [5, 5.41) is 12.7. The quantitative estimate of drug-likeness (QED) is 0.0627. The summed E-state index contributed by atoms with van der Waals surface area (Å²) in [7, 11) is 5.26. The van der Waals surface area contributed by atoms with Gasteiger partial charge in [0.25, 0.3) is 17.6 Å². The number of rotatable bonds is 8. The van der Waals surface area contributed by atoms with Crippen LogP contribution in [0.5, 0.6) is 0 Å². The van der Waals surface area contributed by atoms with E-state index in [-0.39, 0.29) is 68.6 Å². The van der Waals surface area contributed by atoms with Gasteiger partial charge in [-0.1, -0.05) is 23.0 Å². The maximum atomic E-state index is 11.6. The number of aryl methyl sites for hydroxylation is 1. The Bertz CT molecular complexity index is 2090. The molecule has 0 aliphatic carbocycles. The number of hydrogen-bond acceptors (Lipinski definition) is 15. The van der Waals surface area contributed by atoms with Gasteiger partial charge in [-0.3, -0.25) is 21.6 Å². The molecule has 65 heavy (non-hydrogen) atoms. The van der Waals surface area contributed by atoms with Gasteiger partial charge in [0.05, 0.1) is 60.2 Å². The van der Waals surface area contributed by atoms with Crippen LogP contribution in [-0.4, -0.2) is 125 Å². The van der Waals surface area contributed by atoms with Crippen LogP contribution in [0.2, 0.25) is 0 Å². The molecule has 1 amide bonds. The topological polar surface area (TPSA) is 270 Å². The number of aliphatic imine (C=N–C) groups is 2. The number of aromatic nitrogens is 1. The molecule has 0 spiro atoms. The SMILES string of the molecule is CC(=O)O.CCN.CCOC(=O)C1=C(CN)NC=CC1.CCOC(=O)C1=CC=C[N+]2=C(C)N=CC12.CCOC(=O)c1cccnc1C.O=BP.[CH2-]NC(=O)C1=CC=C[N+]2=C(C)N=CC12.[Y]. The van der Waals surface area contributed by atoms with Crippen molar-refractivity contribution >= 4 is 69.9 Å². The molecule has 0 saturated carbocycles. The number of ether oxygens (including phenoxy) is 3. The molecule has 0 fully saturated rings. The van der Waals surface area contributed by atoms with E-state index in [1.807, 2.05) is 69.7 Å². The molecule has 22 heteroatoms. The van der Waals surface area contributed by atoms with Gasteiger partial charge in [0.1, 0.15) is 0 Å². The zero-order chi connectivity index (χ0) is 48.6. The second kappa shape index (κ2) is 36.0. The van der Waals surface area contributed by atoms with Gasteiger partial charge in [-0.05, 0) is 76.9 Å². The minimum absolute atomic E-state index is 0. The number of dihydropyridines is 1. The van der Waals surface area contributed by atoms with Crippen LogP contribution in [0.4, 0.5) is 0 Å². The van der Waals surface area contributed by atoms with Gasteiger partial charge in [-0.2, -0.15) is 0 Å². The number of carbonyl (C=O) groups is 5. The summed E-state index contributed by atoms with van der Waals surface area (Å²) >= 11 is 0. The van der Waals surface area contributed by atoms with E-state index < -0.39 is 5.97 Å². The van der Waals surface area contributed by atoms with Crippen molar-refractivity contribution in [2.24, 2.45) is 21.5 Å². The third kappa shape index (κ3) is 22.5. The first-order valence-electron chi connectivity index (χ1n) is 20.1. The molecule has 6 heterocycles. The maximum absolute atomic E-state index is 11.6. The number of nitrogens with zero attached hydrogens (tertiary/aromatic N) is 5. The summed E-state index contributed by atoms with van der Waals surface area (Å²) in [5.41, 5.74) is 14.2. The molecular weight excluding hydrogens is 933 g/mol. The second-order valence-corrected chi connectivity index (χ2v) is 12.8. The Morgan fingerprint density at radius 3 is 1.82 bits per heavy atom. The fourth-order valence-electron chi connectivity index (χ4n) is 5.35. The smallest absolute Gasteiger partial charge is 0.295 e. The van der Waals surface area contributed by atoms with E-state index in [0.717, 1.165) is 30.8 Å². The summed E-state index contributed by atoms with van der Waals surface area (Å²) in [6.45, 7) is 16.9. The van der Waals surface area contributed by atoms with Crippen molar-refractivity contribution in [1.82, 2.24) is 15.6 Å². The van der Waals surface area contributed by atoms with Crippen molar-refractivity contribution in [3.05, 3.63) is 108 Å². The molecule has 19 nitrogen and oxygen atoms in total. The Labute approximate surface area is 409 Å². The number of amides is 1. The first-order valence-corrected chi connectivity index (χ1v) is 20.7. The summed E-state index contributed by atoms with van der Waals surface area (Å²) in [5.74, 6) is -0.0498. The van der Waals surface area contributed by atoms with Crippen molar-refractivity contribution in [2.45, 2.75) is 73.9 Å². The zero-order valence-electron chi connectivity index (χ0n) is 38.4. The van der Waals surface area contributed by atoms with Gasteiger partial charge in [0, 0.05) is 78.3 Å². The minimum Gasteiger partial charge on any atom is -0.504 e. The van der Waals surface area contributed by atoms with E-state index in [4.69, 9.17) is 40.3 Å². The molecule has 1 aromatic heterocycles. The molecule has 5 aliphatic rings. The van der Waals surface area contributed by atoms with E-state index in [1.54, 1.807) is 76.8 Å². The maximum Gasteiger partial charge on any atom is 0.295 e. The number of allylic oxidation sites excluding steroid dienone is 5. The number of aliphatic carboxylic acids is 1. The van der Waals surface area contributed by atoms with E-state index in [1.165, 1.54) is 0 Å². The van der Waals surface area contributed by atoms with Gasteiger partial charge >= 0.3 is 38.6 Å².